The summed E-state index contributed by atoms with van der Waals surface area (Å²) in [4.78, 5) is 39.0. The van der Waals surface area contributed by atoms with E-state index >= 15 is 0 Å². The molecule has 0 radical (unpaired) electrons. The highest BCUT2D eigenvalue weighted by Gasteiger charge is 2.30. The zero-order chi connectivity index (χ0) is 20.4. The SMILES string of the molecule is CC(NC(=O)C(C)(C)C)C(=O)N1CCN(c2ccc(Cl)cc2[N+](=O)[O-])CC1. The van der Waals surface area contributed by atoms with E-state index in [0.717, 1.165) is 0 Å². The molecule has 1 N–H and O–H groups in total. The van der Waals surface area contributed by atoms with Gasteiger partial charge in [-0.05, 0) is 19.1 Å². The molecule has 1 aromatic rings. The lowest BCUT2D eigenvalue weighted by Crippen LogP contribution is -2.55. The van der Waals surface area contributed by atoms with Crippen LogP contribution in [0.4, 0.5) is 11.4 Å². The Labute approximate surface area is 163 Å². The highest BCUT2D eigenvalue weighted by atomic mass is 35.5. The molecule has 1 fully saturated rings. The average Bonchev–Trinajstić information content (AvgIpc) is 2.60. The maximum atomic E-state index is 12.6. The molecule has 0 spiro atoms. The Morgan fingerprint density at radius 3 is 2.33 bits per heavy atom. The van der Waals surface area contributed by atoms with Crippen molar-refractivity contribution in [3.05, 3.63) is 33.3 Å². The second kappa shape index (κ2) is 8.12. The van der Waals surface area contributed by atoms with Gasteiger partial charge in [-0.1, -0.05) is 32.4 Å². The Morgan fingerprint density at radius 1 is 1.22 bits per heavy atom. The molecule has 1 atom stereocenters. The number of carbonyl (C=O) groups is 2. The first kappa shape index (κ1) is 21.0. The molecule has 9 heteroatoms. The number of nitro benzene ring substituents is 1. The zero-order valence-corrected chi connectivity index (χ0v) is 16.7. The number of hydrogen-bond acceptors (Lipinski definition) is 5. The summed E-state index contributed by atoms with van der Waals surface area (Å²) in [6.07, 6.45) is 0. The van der Waals surface area contributed by atoms with Gasteiger partial charge >= 0.3 is 0 Å². The summed E-state index contributed by atoms with van der Waals surface area (Å²) in [6.45, 7) is 8.82. The first-order valence-electron chi connectivity index (χ1n) is 8.79. The molecule has 1 aromatic carbocycles. The third-order valence-electron chi connectivity index (χ3n) is 4.47. The Kier molecular flexibility index (Phi) is 6.30. The van der Waals surface area contributed by atoms with Crippen LogP contribution in [0.1, 0.15) is 27.7 Å². The van der Waals surface area contributed by atoms with Crippen molar-refractivity contribution in [2.45, 2.75) is 33.7 Å². The minimum Gasteiger partial charge on any atom is -0.362 e. The van der Waals surface area contributed by atoms with Gasteiger partial charge in [-0.15, -0.1) is 0 Å². The minimum absolute atomic E-state index is 0.0481. The van der Waals surface area contributed by atoms with Crippen molar-refractivity contribution in [3.8, 4) is 0 Å². The Morgan fingerprint density at radius 2 is 1.81 bits per heavy atom. The van der Waals surface area contributed by atoms with Crippen LogP contribution in [0.5, 0.6) is 0 Å². The maximum Gasteiger partial charge on any atom is 0.294 e. The van der Waals surface area contributed by atoms with Crippen LogP contribution in [0.15, 0.2) is 18.2 Å². The number of anilines is 1. The number of benzene rings is 1. The van der Waals surface area contributed by atoms with Crippen LogP contribution in [-0.2, 0) is 9.59 Å². The number of piperazine rings is 1. The molecule has 148 valence electrons. The lowest BCUT2D eigenvalue weighted by atomic mass is 9.95. The van der Waals surface area contributed by atoms with Gasteiger partial charge < -0.3 is 15.1 Å². The third kappa shape index (κ3) is 5.09. The molecule has 0 saturated carbocycles. The van der Waals surface area contributed by atoms with Gasteiger partial charge in [-0.2, -0.15) is 0 Å². The molecule has 1 unspecified atom stereocenters. The molecule has 1 heterocycles. The topological polar surface area (TPSA) is 95.8 Å². The van der Waals surface area contributed by atoms with Gasteiger partial charge in [-0.3, -0.25) is 19.7 Å². The lowest BCUT2D eigenvalue weighted by molar-refractivity contribution is -0.384. The molecular formula is C18H25ClN4O4. The van der Waals surface area contributed by atoms with Gasteiger partial charge in [0.15, 0.2) is 0 Å². The number of amides is 2. The van der Waals surface area contributed by atoms with E-state index in [9.17, 15) is 19.7 Å². The van der Waals surface area contributed by atoms with E-state index < -0.39 is 16.4 Å². The van der Waals surface area contributed by atoms with Crippen LogP contribution >= 0.6 is 11.6 Å². The Balaban J connectivity index is 2.00. The van der Waals surface area contributed by atoms with E-state index in [1.165, 1.54) is 6.07 Å². The molecule has 0 aliphatic carbocycles. The van der Waals surface area contributed by atoms with E-state index in [-0.39, 0.29) is 17.5 Å². The minimum atomic E-state index is -0.617. The molecule has 1 saturated heterocycles. The standard InChI is InChI=1S/C18H25ClN4O4/c1-12(20-17(25)18(2,3)4)16(24)22-9-7-21(8-10-22)14-6-5-13(19)11-15(14)23(26)27/h5-6,11-12H,7-10H2,1-4H3,(H,20,25). The summed E-state index contributed by atoms with van der Waals surface area (Å²) < 4.78 is 0. The first-order valence-corrected chi connectivity index (χ1v) is 9.17. The van der Waals surface area contributed by atoms with Crippen molar-refractivity contribution in [3.63, 3.8) is 0 Å². The fourth-order valence-corrected chi connectivity index (χ4v) is 2.99. The summed E-state index contributed by atoms with van der Waals surface area (Å²) in [5.74, 6) is -0.336. The highest BCUT2D eigenvalue weighted by molar-refractivity contribution is 6.30. The third-order valence-corrected chi connectivity index (χ3v) is 4.70. The molecule has 0 bridgehead atoms. The predicted molar refractivity (Wildman–Crippen MR) is 104 cm³/mol. The number of rotatable bonds is 4. The number of nitrogens with one attached hydrogen (secondary N) is 1. The van der Waals surface area contributed by atoms with Crippen LogP contribution in [0.25, 0.3) is 0 Å². The molecule has 27 heavy (non-hydrogen) atoms. The quantitative estimate of drug-likeness (QED) is 0.623. The van der Waals surface area contributed by atoms with E-state index in [1.807, 2.05) is 4.90 Å². The lowest BCUT2D eigenvalue weighted by Gasteiger charge is -2.37. The first-order chi connectivity index (χ1) is 12.5. The summed E-state index contributed by atoms with van der Waals surface area (Å²) in [5.41, 5.74) is -0.125. The summed E-state index contributed by atoms with van der Waals surface area (Å²) in [6, 6.07) is 3.96. The Hall–Kier alpha value is -2.35. The van der Waals surface area contributed by atoms with Crippen molar-refractivity contribution < 1.29 is 14.5 Å². The smallest absolute Gasteiger partial charge is 0.294 e. The van der Waals surface area contributed by atoms with Gasteiger partial charge in [0, 0.05) is 42.7 Å². The van der Waals surface area contributed by atoms with Gasteiger partial charge in [0.1, 0.15) is 11.7 Å². The summed E-state index contributed by atoms with van der Waals surface area (Å²) in [7, 11) is 0. The van der Waals surface area contributed by atoms with Gasteiger partial charge in [-0.25, -0.2) is 0 Å². The molecule has 2 amide bonds. The number of carbonyl (C=O) groups excluding carboxylic acids is 2. The normalized spacial score (nSPS) is 16.0. The van der Waals surface area contributed by atoms with E-state index in [1.54, 1.807) is 44.7 Å². The fraction of sp³-hybridized carbons (Fsp3) is 0.556. The molecule has 1 aliphatic heterocycles. The zero-order valence-electron chi connectivity index (χ0n) is 16.0. The van der Waals surface area contributed by atoms with Crippen LogP contribution in [-0.4, -0.2) is 53.9 Å². The number of nitrogens with zero attached hydrogens (tertiary/aromatic N) is 3. The highest BCUT2D eigenvalue weighted by Crippen LogP contribution is 2.31. The number of halogens is 1. The van der Waals surface area contributed by atoms with Crippen LogP contribution in [0, 0.1) is 15.5 Å². The fourth-order valence-electron chi connectivity index (χ4n) is 2.83. The van der Waals surface area contributed by atoms with Crippen LogP contribution in [0.2, 0.25) is 5.02 Å². The van der Waals surface area contributed by atoms with Crippen molar-refractivity contribution in [1.82, 2.24) is 10.2 Å². The van der Waals surface area contributed by atoms with Crippen molar-refractivity contribution in [1.29, 1.82) is 0 Å². The second-order valence-corrected chi connectivity index (χ2v) is 8.08. The van der Waals surface area contributed by atoms with Crippen molar-refractivity contribution in [2.75, 3.05) is 31.1 Å². The van der Waals surface area contributed by atoms with E-state index in [2.05, 4.69) is 5.32 Å². The number of nitro groups is 1. The Bertz CT molecular complexity index is 739. The second-order valence-electron chi connectivity index (χ2n) is 7.65. The van der Waals surface area contributed by atoms with Gasteiger partial charge in [0.05, 0.1) is 4.92 Å². The van der Waals surface area contributed by atoms with E-state index in [4.69, 9.17) is 11.6 Å². The van der Waals surface area contributed by atoms with Crippen LogP contribution < -0.4 is 10.2 Å². The molecule has 1 aliphatic rings. The molecule has 0 aromatic heterocycles. The predicted octanol–water partition coefficient (Wildman–Crippen LogP) is 2.45. The van der Waals surface area contributed by atoms with Crippen molar-refractivity contribution >= 4 is 34.8 Å². The molecular weight excluding hydrogens is 372 g/mol. The molecule has 8 nitrogen and oxygen atoms in total. The molecule has 2 rings (SSSR count). The van der Waals surface area contributed by atoms with Crippen LogP contribution in [0.3, 0.4) is 0 Å². The largest absolute Gasteiger partial charge is 0.362 e. The summed E-state index contributed by atoms with van der Waals surface area (Å²) >= 11 is 5.86. The van der Waals surface area contributed by atoms with Gasteiger partial charge in [0.2, 0.25) is 11.8 Å². The van der Waals surface area contributed by atoms with E-state index in [0.29, 0.717) is 36.9 Å². The average molecular weight is 397 g/mol. The van der Waals surface area contributed by atoms with Gasteiger partial charge in [0.25, 0.3) is 5.69 Å². The monoisotopic (exact) mass is 396 g/mol. The van der Waals surface area contributed by atoms with Crippen molar-refractivity contribution in [2.24, 2.45) is 5.41 Å². The summed E-state index contributed by atoms with van der Waals surface area (Å²) in [5, 5.41) is 14.3. The maximum absolute atomic E-state index is 12.6. The number of hydrogen-bond donors (Lipinski definition) is 1.